The molecule has 0 spiro atoms. The number of rotatable bonds is 5. The average molecular weight is 397 g/mol. The van der Waals surface area contributed by atoms with Crippen LogP contribution in [0, 0.1) is 0 Å². The Morgan fingerprint density at radius 1 is 1.21 bits per heavy atom. The fourth-order valence-corrected chi connectivity index (χ4v) is 2.55. The molecule has 1 fully saturated rings. The first-order valence-electron chi connectivity index (χ1n) is 8.45. The zero-order valence-corrected chi connectivity index (χ0v) is 14.7. The summed E-state index contributed by atoms with van der Waals surface area (Å²) in [4.78, 5) is 22.6. The van der Waals surface area contributed by atoms with Crippen LogP contribution in [0.5, 0.6) is 5.75 Å². The molecule has 1 aromatic heterocycles. The van der Waals surface area contributed by atoms with Crippen LogP contribution in [0.4, 0.5) is 29.5 Å². The molecule has 0 unspecified atom stereocenters. The van der Waals surface area contributed by atoms with E-state index in [4.69, 9.17) is 4.74 Å². The second-order valence-corrected chi connectivity index (χ2v) is 5.78. The molecule has 8 nitrogen and oxygen atoms in total. The third-order valence-corrected chi connectivity index (χ3v) is 3.79. The predicted molar refractivity (Wildman–Crippen MR) is 94.0 cm³/mol. The third kappa shape index (κ3) is 5.71. The largest absolute Gasteiger partial charge is 0.573 e. The Bertz CT molecular complexity index is 813. The van der Waals surface area contributed by atoms with Gasteiger partial charge in [-0.3, -0.25) is 0 Å². The monoisotopic (exact) mass is 397 g/mol. The lowest BCUT2D eigenvalue weighted by molar-refractivity contribution is -0.274. The van der Waals surface area contributed by atoms with E-state index in [0.717, 1.165) is 11.9 Å². The van der Waals surface area contributed by atoms with Crippen molar-refractivity contribution in [3.05, 3.63) is 42.4 Å². The highest BCUT2D eigenvalue weighted by Gasteiger charge is 2.32. The molecule has 2 heterocycles. The smallest absolute Gasteiger partial charge is 0.404 e. The number of anilines is 2. The van der Waals surface area contributed by atoms with Gasteiger partial charge >= 0.3 is 12.4 Å². The number of para-hydroxylation sites is 2. The summed E-state index contributed by atoms with van der Waals surface area (Å²) in [5.74, 6) is 0.592. The minimum atomic E-state index is -4.86. The van der Waals surface area contributed by atoms with Gasteiger partial charge in [0.1, 0.15) is 11.6 Å². The highest BCUT2D eigenvalue weighted by molar-refractivity contribution is 5.90. The normalized spacial score (nSPS) is 14.5. The molecule has 0 atom stereocenters. The number of carbonyl (C=O) groups is 1. The SMILES string of the molecule is O=C(NCc1nccc(N2CCOCC2)n1)Nc1ccccc1OC(F)(F)F. The van der Waals surface area contributed by atoms with Crippen LogP contribution in [0.25, 0.3) is 0 Å². The number of nitrogens with zero attached hydrogens (tertiary/aromatic N) is 3. The first-order valence-corrected chi connectivity index (χ1v) is 8.45. The molecule has 0 aliphatic carbocycles. The molecule has 0 bridgehead atoms. The lowest BCUT2D eigenvalue weighted by Gasteiger charge is -2.27. The number of hydrogen-bond acceptors (Lipinski definition) is 6. The molecule has 2 N–H and O–H groups in total. The molecule has 0 radical (unpaired) electrons. The van der Waals surface area contributed by atoms with Gasteiger partial charge in [0.05, 0.1) is 25.4 Å². The van der Waals surface area contributed by atoms with Crippen LogP contribution in [0.3, 0.4) is 0 Å². The van der Waals surface area contributed by atoms with Gasteiger partial charge in [-0.05, 0) is 18.2 Å². The molecule has 11 heteroatoms. The van der Waals surface area contributed by atoms with Crippen molar-refractivity contribution in [2.75, 3.05) is 36.5 Å². The maximum absolute atomic E-state index is 12.4. The number of morpholine rings is 1. The molecule has 2 amide bonds. The number of nitrogens with one attached hydrogen (secondary N) is 2. The Morgan fingerprint density at radius 2 is 1.96 bits per heavy atom. The van der Waals surface area contributed by atoms with E-state index < -0.39 is 18.1 Å². The number of benzene rings is 1. The van der Waals surface area contributed by atoms with Gasteiger partial charge in [0.25, 0.3) is 0 Å². The molecular weight excluding hydrogens is 379 g/mol. The van der Waals surface area contributed by atoms with E-state index >= 15 is 0 Å². The molecule has 2 aromatic rings. The maximum atomic E-state index is 12.4. The standard InChI is InChI=1S/C17H18F3N5O3/c18-17(19,20)28-13-4-2-1-3-12(13)23-16(26)22-11-14-21-6-5-15(24-14)25-7-9-27-10-8-25/h1-6H,7-11H2,(H2,22,23,26). The van der Waals surface area contributed by atoms with Gasteiger partial charge in [0.2, 0.25) is 0 Å². The summed E-state index contributed by atoms with van der Waals surface area (Å²) < 4.78 is 46.5. The van der Waals surface area contributed by atoms with Crippen molar-refractivity contribution in [1.82, 2.24) is 15.3 Å². The Balaban J connectivity index is 1.58. The van der Waals surface area contributed by atoms with E-state index in [1.807, 2.05) is 4.90 Å². The summed E-state index contributed by atoms with van der Waals surface area (Å²) in [5.41, 5.74) is -0.111. The van der Waals surface area contributed by atoms with Gasteiger partial charge in [-0.15, -0.1) is 13.2 Å². The number of ether oxygens (including phenoxy) is 2. The Morgan fingerprint density at radius 3 is 2.71 bits per heavy atom. The lowest BCUT2D eigenvalue weighted by atomic mass is 10.3. The number of carbonyl (C=O) groups excluding carboxylic acids is 1. The predicted octanol–water partition coefficient (Wildman–Crippen LogP) is 2.53. The van der Waals surface area contributed by atoms with Crippen LogP contribution in [-0.2, 0) is 11.3 Å². The molecule has 3 rings (SSSR count). The first-order chi connectivity index (χ1) is 13.4. The van der Waals surface area contributed by atoms with E-state index in [-0.39, 0.29) is 12.2 Å². The van der Waals surface area contributed by atoms with Crippen LogP contribution < -0.4 is 20.3 Å². The molecule has 1 aromatic carbocycles. The first kappa shape index (κ1) is 19.7. The van der Waals surface area contributed by atoms with Gasteiger partial charge in [0, 0.05) is 19.3 Å². The minimum Gasteiger partial charge on any atom is -0.404 e. The second-order valence-electron chi connectivity index (χ2n) is 5.78. The molecular formula is C17H18F3N5O3. The van der Waals surface area contributed by atoms with Crippen LogP contribution in [0.2, 0.25) is 0 Å². The Labute approximate surface area is 158 Å². The van der Waals surface area contributed by atoms with E-state index in [2.05, 4.69) is 25.3 Å². The van der Waals surface area contributed by atoms with Crippen molar-refractivity contribution in [3.63, 3.8) is 0 Å². The minimum absolute atomic E-state index is 0.00626. The maximum Gasteiger partial charge on any atom is 0.573 e. The summed E-state index contributed by atoms with van der Waals surface area (Å²) >= 11 is 0. The van der Waals surface area contributed by atoms with E-state index in [9.17, 15) is 18.0 Å². The number of hydrogen-bond donors (Lipinski definition) is 2. The van der Waals surface area contributed by atoms with Crippen molar-refractivity contribution in [2.24, 2.45) is 0 Å². The Hall–Kier alpha value is -3.08. The average Bonchev–Trinajstić information content (AvgIpc) is 2.68. The summed E-state index contributed by atoms with van der Waals surface area (Å²) in [6.07, 6.45) is -3.28. The van der Waals surface area contributed by atoms with Crippen molar-refractivity contribution in [1.29, 1.82) is 0 Å². The highest BCUT2D eigenvalue weighted by atomic mass is 19.4. The summed E-state index contributed by atoms with van der Waals surface area (Å²) in [7, 11) is 0. The van der Waals surface area contributed by atoms with Crippen molar-refractivity contribution in [2.45, 2.75) is 12.9 Å². The number of halogens is 3. The summed E-state index contributed by atoms with van der Waals surface area (Å²) in [6.45, 7) is 2.64. The van der Waals surface area contributed by atoms with Crippen LogP contribution >= 0.6 is 0 Å². The van der Waals surface area contributed by atoms with Crippen LogP contribution in [0.1, 0.15) is 5.82 Å². The van der Waals surface area contributed by atoms with Crippen molar-refractivity contribution >= 4 is 17.5 Å². The topological polar surface area (TPSA) is 88.6 Å². The van der Waals surface area contributed by atoms with Gasteiger partial charge in [-0.1, -0.05) is 12.1 Å². The molecule has 1 aliphatic heterocycles. The van der Waals surface area contributed by atoms with Gasteiger partial charge in [-0.2, -0.15) is 0 Å². The fraction of sp³-hybridized carbons (Fsp3) is 0.353. The van der Waals surface area contributed by atoms with E-state index in [1.165, 1.54) is 18.2 Å². The zero-order chi connectivity index (χ0) is 20.0. The summed E-state index contributed by atoms with van der Waals surface area (Å²) in [5, 5.41) is 4.84. The number of urea groups is 1. The van der Waals surface area contributed by atoms with E-state index in [0.29, 0.717) is 32.1 Å². The summed E-state index contributed by atoms with van der Waals surface area (Å²) in [6, 6.07) is 6.31. The van der Waals surface area contributed by atoms with Gasteiger partial charge < -0.3 is 25.0 Å². The Kier molecular flexibility index (Phi) is 6.14. The van der Waals surface area contributed by atoms with Crippen molar-refractivity contribution < 1.29 is 27.4 Å². The van der Waals surface area contributed by atoms with Crippen LogP contribution in [0.15, 0.2) is 36.5 Å². The number of aromatic nitrogens is 2. The van der Waals surface area contributed by atoms with E-state index in [1.54, 1.807) is 12.3 Å². The van der Waals surface area contributed by atoms with Crippen LogP contribution in [-0.4, -0.2) is 48.7 Å². The molecule has 28 heavy (non-hydrogen) atoms. The zero-order valence-electron chi connectivity index (χ0n) is 14.7. The quantitative estimate of drug-likeness (QED) is 0.806. The third-order valence-electron chi connectivity index (χ3n) is 3.79. The highest BCUT2D eigenvalue weighted by Crippen LogP contribution is 2.29. The number of alkyl halides is 3. The second kappa shape index (κ2) is 8.74. The number of amides is 2. The molecule has 150 valence electrons. The van der Waals surface area contributed by atoms with Crippen molar-refractivity contribution in [3.8, 4) is 5.75 Å². The van der Waals surface area contributed by atoms with Gasteiger partial charge in [-0.25, -0.2) is 14.8 Å². The molecule has 1 saturated heterocycles. The lowest BCUT2D eigenvalue weighted by Crippen LogP contribution is -2.37. The fourth-order valence-electron chi connectivity index (χ4n) is 2.55. The molecule has 0 saturated carbocycles. The molecule has 1 aliphatic rings. The van der Waals surface area contributed by atoms with Gasteiger partial charge in [0.15, 0.2) is 5.75 Å².